The fourth-order valence-corrected chi connectivity index (χ4v) is 4.11. The number of aromatic nitrogens is 2. The zero-order chi connectivity index (χ0) is 20.2. The highest BCUT2D eigenvalue weighted by molar-refractivity contribution is 5.66. The van der Waals surface area contributed by atoms with E-state index >= 15 is 0 Å². The molecule has 3 aromatic rings. The van der Waals surface area contributed by atoms with Crippen LogP contribution in [-0.2, 0) is 6.54 Å². The third kappa shape index (κ3) is 4.32. The van der Waals surface area contributed by atoms with Gasteiger partial charge in [-0.25, -0.2) is 8.78 Å². The van der Waals surface area contributed by atoms with Gasteiger partial charge in [-0.2, -0.15) is 5.10 Å². The molecule has 1 fully saturated rings. The molecule has 4 rings (SSSR count). The third-order valence-corrected chi connectivity index (χ3v) is 5.48. The maximum atomic E-state index is 13.7. The zero-order valence-corrected chi connectivity index (χ0v) is 16.5. The number of hydrogen-bond acceptors (Lipinski definition) is 3. The van der Waals surface area contributed by atoms with Crippen molar-refractivity contribution in [2.45, 2.75) is 32.2 Å². The van der Waals surface area contributed by atoms with E-state index in [1.165, 1.54) is 17.7 Å². The second-order valence-corrected chi connectivity index (χ2v) is 7.44. The van der Waals surface area contributed by atoms with Crippen LogP contribution in [0.4, 0.5) is 8.78 Å². The first-order chi connectivity index (χ1) is 14.2. The minimum Gasteiger partial charge on any atom is -0.494 e. The fraction of sp³-hybridized carbons (Fsp3) is 0.348. The van der Waals surface area contributed by atoms with Crippen LogP contribution in [0.15, 0.2) is 48.7 Å². The van der Waals surface area contributed by atoms with Crippen molar-refractivity contribution in [3.05, 3.63) is 71.6 Å². The lowest BCUT2D eigenvalue weighted by Gasteiger charge is -2.33. The normalized spacial score (nSPS) is 17.4. The maximum absolute atomic E-state index is 13.7. The Morgan fingerprint density at radius 3 is 2.86 bits per heavy atom. The average Bonchev–Trinajstić information content (AvgIpc) is 3.22. The highest BCUT2D eigenvalue weighted by atomic mass is 19.2. The summed E-state index contributed by atoms with van der Waals surface area (Å²) in [6.07, 6.45) is 3.80. The Kier molecular flexibility index (Phi) is 5.90. The van der Waals surface area contributed by atoms with Crippen molar-refractivity contribution in [1.29, 1.82) is 0 Å². The van der Waals surface area contributed by atoms with Crippen LogP contribution < -0.4 is 4.74 Å². The van der Waals surface area contributed by atoms with Gasteiger partial charge in [0, 0.05) is 35.8 Å². The van der Waals surface area contributed by atoms with Gasteiger partial charge >= 0.3 is 0 Å². The molecule has 1 aliphatic rings. The first-order valence-corrected chi connectivity index (χ1v) is 10.1. The summed E-state index contributed by atoms with van der Waals surface area (Å²) < 4.78 is 32.8. The van der Waals surface area contributed by atoms with Gasteiger partial charge in [-0.1, -0.05) is 24.3 Å². The highest BCUT2D eigenvalue weighted by Gasteiger charge is 2.26. The van der Waals surface area contributed by atoms with Crippen molar-refractivity contribution in [2.24, 2.45) is 0 Å². The minimum atomic E-state index is -0.840. The van der Waals surface area contributed by atoms with Gasteiger partial charge in [-0.05, 0) is 50.1 Å². The number of benzene rings is 2. The summed E-state index contributed by atoms with van der Waals surface area (Å²) in [6, 6.07) is 12.2. The van der Waals surface area contributed by atoms with Crippen LogP contribution in [0.1, 0.15) is 36.9 Å². The van der Waals surface area contributed by atoms with E-state index in [9.17, 15) is 8.78 Å². The molecule has 1 aromatic heterocycles. The molecular weight excluding hydrogens is 372 g/mol. The van der Waals surface area contributed by atoms with Crippen LogP contribution in [-0.4, -0.2) is 34.8 Å². The standard InChI is InChI=1S/C23H25F2N3O/c1-2-29-22-8-4-3-6-17(22)14-28-11-5-7-18(15-28)23-19(13-26-27-23)16-9-10-20(24)21(25)12-16/h3-4,6,8-10,12-13,18H,2,5,7,11,14-15H2,1H3,(H,26,27). The summed E-state index contributed by atoms with van der Waals surface area (Å²) >= 11 is 0. The topological polar surface area (TPSA) is 41.1 Å². The molecule has 1 saturated heterocycles. The Hall–Kier alpha value is -2.73. The maximum Gasteiger partial charge on any atom is 0.159 e. The number of ether oxygens (including phenoxy) is 1. The number of aromatic amines is 1. The SMILES string of the molecule is CCOc1ccccc1CN1CCCC(c2[nH]ncc2-c2ccc(F)c(F)c2)C1. The number of hydrogen-bond donors (Lipinski definition) is 1. The second-order valence-electron chi connectivity index (χ2n) is 7.44. The first-order valence-electron chi connectivity index (χ1n) is 10.1. The minimum absolute atomic E-state index is 0.258. The monoisotopic (exact) mass is 397 g/mol. The van der Waals surface area contributed by atoms with Crippen LogP contribution in [0.2, 0.25) is 0 Å². The molecule has 1 atom stereocenters. The lowest BCUT2D eigenvalue weighted by Crippen LogP contribution is -2.34. The van der Waals surface area contributed by atoms with E-state index < -0.39 is 11.6 Å². The van der Waals surface area contributed by atoms with Crippen LogP contribution >= 0.6 is 0 Å². The summed E-state index contributed by atoms with van der Waals surface area (Å²) in [4.78, 5) is 2.42. The Bertz CT molecular complexity index is 972. The quantitative estimate of drug-likeness (QED) is 0.627. The van der Waals surface area contributed by atoms with Crippen molar-refractivity contribution in [1.82, 2.24) is 15.1 Å². The molecule has 0 spiro atoms. The molecular formula is C23H25F2N3O. The number of nitrogens with one attached hydrogen (secondary N) is 1. The van der Waals surface area contributed by atoms with E-state index in [0.29, 0.717) is 12.2 Å². The lowest BCUT2D eigenvalue weighted by molar-refractivity contribution is 0.195. The molecule has 0 amide bonds. The van der Waals surface area contributed by atoms with Crippen LogP contribution in [0.5, 0.6) is 5.75 Å². The molecule has 0 radical (unpaired) electrons. The van der Waals surface area contributed by atoms with Crippen LogP contribution in [0, 0.1) is 11.6 Å². The Labute approximate surface area is 169 Å². The Balaban J connectivity index is 1.53. The van der Waals surface area contributed by atoms with Gasteiger partial charge in [-0.3, -0.25) is 10.00 Å². The van der Waals surface area contributed by atoms with Crippen molar-refractivity contribution in [2.75, 3.05) is 19.7 Å². The number of para-hydroxylation sites is 1. The molecule has 6 heteroatoms. The first kappa shape index (κ1) is 19.6. The van der Waals surface area contributed by atoms with Crippen molar-refractivity contribution in [3.63, 3.8) is 0 Å². The summed E-state index contributed by atoms with van der Waals surface area (Å²) in [6.45, 7) is 5.35. The number of rotatable bonds is 6. The van der Waals surface area contributed by atoms with Crippen molar-refractivity contribution < 1.29 is 13.5 Å². The van der Waals surface area contributed by atoms with Crippen LogP contribution in [0.25, 0.3) is 11.1 Å². The van der Waals surface area contributed by atoms with E-state index in [2.05, 4.69) is 21.2 Å². The second kappa shape index (κ2) is 8.74. The van der Waals surface area contributed by atoms with Gasteiger partial charge in [0.2, 0.25) is 0 Å². The molecule has 2 aromatic carbocycles. The summed E-state index contributed by atoms with van der Waals surface area (Å²) in [7, 11) is 0. The predicted octanol–water partition coefficient (Wildman–Crippen LogP) is 5.13. The number of piperidine rings is 1. The summed E-state index contributed by atoms with van der Waals surface area (Å²) in [5.74, 6) is -0.488. The van der Waals surface area contributed by atoms with E-state index in [4.69, 9.17) is 4.74 Å². The molecule has 2 heterocycles. The molecule has 29 heavy (non-hydrogen) atoms. The van der Waals surface area contributed by atoms with Crippen LogP contribution in [0.3, 0.4) is 0 Å². The molecule has 4 nitrogen and oxygen atoms in total. The smallest absolute Gasteiger partial charge is 0.159 e. The van der Waals surface area contributed by atoms with Gasteiger partial charge in [-0.15, -0.1) is 0 Å². The number of halogens is 2. The lowest BCUT2D eigenvalue weighted by atomic mass is 9.90. The number of likely N-dealkylation sites (tertiary alicyclic amines) is 1. The molecule has 0 bridgehead atoms. The van der Waals surface area contributed by atoms with Crippen molar-refractivity contribution >= 4 is 0 Å². The fourth-order valence-electron chi connectivity index (χ4n) is 4.11. The van der Waals surface area contributed by atoms with Gasteiger partial charge < -0.3 is 4.74 Å². The predicted molar refractivity (Wildman–Crippen MR) is 109 cm³/mol. The Morgan fingerprint density at radius 2 is 2.03 bits per heavy atom. The molecule has 1 unspecified atom stereocenters. The Morgan fingerprint density at radius 1 is 1.17 bits per heavy atom. The molecule has 1 aliphatic heterocycles. The summed E-state index contributed by atoms with van der Waals surface area (Å²) in [5.41, 5.74) is 3.65. The molecule has 152 valence electrons. The van der Waals surface area contributed by atoms with Gasteiger partial charge in [0.1, 0.15) is 5.75 Å². The van der Waals surface area contributed by atoms with Gasteiger partial charge in [0.25, 0.3) is 0 Å². The molecule has 0 saturated carbocycles. The third-order valence-electron chi connectivity index (χ3n) is 5.48. The van der Waals surface area contributed by atoms with E-state index in [-0.39, 0.29) is 5.92 Å². The zero-order valence-electron chi connectivity index (χ0n) is 16.5. The van der Waals surface area contributed by atoms with Gasteiger partial charge in [0.05, 0.1) is 12.8 Å². The largest absolute Gasteiger partial charge is 0.494 e. The summed E-state index contributed by atoms with van der Waals surface area (Å²) in [5, 5.41) is 7.30. The number of H-pyrrole nitrogens is 1. The molecule has 0 aliphatic carbocycles. The van der Waals surface area contributed by atoms with E-state index in [0.717, 1.165) is 49.5 Å². The highest BCUT2D eigenvalue weighted by Crippen LogP contribution is 2.34. The average molecular weight is 397 g/mol. The van der Waals surface area contributed by atoms with Gasteiger partial charge in [0.15, 0.2) is 11.6 Å². The van der Waals surface area contributed by atoms with E-state index in [1.54, 1.807) is 12.3 Å². The molecule has 1 N–H and O–H groups in total. The van der Waals surface area contributed by atoms with Crippen molar-refractivity contribution in [3.8, 4) is 16.9 Å². The van der Waals surface area contributed by atoms with E-state index in [1.807, 2.05) is 25.1 Å². The number of nitrogens with zero attached hydrogens (tertiary/aromatic N) is 2.